The number of aliphatic hydroxyl groups excluding tert-OH is 3. The molecule has 1 aliphatic heterocycles. The molecule has 0 bridgehead atoms. The van der Waals surface area contributed by atoms with Crippen LogP contribution < -0.4 is 0 Å². The lowest BCUT2D eigenvalue weighted by Gasteiger charge is -2.25. The first-order valence-corrected chi connectivity index (χ1v) is 12.1. The molecule has 0 aromatic heterocycles. The molecule has 0 amide bonds. The van der Waals surface area contributed by atoms with Gasteiger partial charge in [0.15, 0.2) is 0 Å². The van der Waals surface area contributed by atoms with E-state index in [4.69, 9.17) is 4.74 Å². The number of ether oxygens (including phenoxy) is 1. The van der Waals surface area contributed by atoms with Gasteiger partial charge in [0.2, 0.25) is 0 Å². The average Bonchev–Trinajstić information content (AvgIpc) is 3.18. The van der Waals surface area contributed by atoms with Gasteiger partial charge in [-0.25, -0.2) is 0 Å². The molecule has 3 N–H and O–H groups in total. The van der Waals surface area contributed by atoms with E-state index in [0.29, 0.717) is 6.42 Å². The van der Waals surface area contributed by atoms with E-state index in [-0.39, 0.29) is 17.2 Å². The summed E-state index contributed by atoms with van der Waals surface area (Å²) in [7, 11) is 0. The summed E-state index contributed by atoms with van der Waals surface area (Å²) < 4.78 is 4.91. The lowest BCUT2D eigenvalue weighted by molar-refractivity contribution is -0.151. The van der Waals surface area contributed by atoms with Crippen molar-refractivity contribution < 1.29 is 24.9 Å². The number of carbonyl (C=O) groups is 1. The van der Waals surface area contributed by atoms with Crippen LogP contribution in [0.1, 0.15) is 71.1 Å². The largest absolute Gasteiger partial charge is 0.463 e. The van der Waals surface area contributed by atoms with Crippen LogP contribution in [0.5, 0.6) is 0 Å². The van der Waals surface area contributed by atoms with Gasteiger partial charge in [0.05, 0.1) is 4.58 Å². The van der Waals surface area contributed by atoms with E-state index in [0.717, 1.165) is 30.8 Å². The fraction of sp³-hybridized carbons (Fsp3) is 0.947. The molecule has 1 rings (SSSR count). The Bertz CT molecular complexity index is 364. The molecule has 0 aliphatic carbocycles. The smallest absolute Gasteiger partial charge is 0.305 e. The van der Waals surface area contributed by atoms with Gasteiger partial charge in [-0.15, -0.1) is 23.5 Å². The topological polar surface area (TPSA) is 87.0 Å². The Morgan fingerprint density at radius 3 is 2.08 bits per heavy atom. The van der Waals surface area contributed by atoms with Gasteiger partial charge in [0, 0.05) is 17.9 Å². The molecule has 0 saturated carbocycles. The first-order valence-electron chi connectivity index (χ1n) is 9.99. The number of hydrogen-bond donors (Lipinski definition) is 3. The zero-order valence-corrected chi connectivity index (χ0v) is 17.6. The van der Waals surface area contributed by atoms with Crippen molar-refractivity contribution in [2.24, 2.45) is 0 Å². The van der Waals surface area contributed by atoms with Crippen LogP contribution in [0.15, 0.2) is 0 Å². The molecule has 154 valence electrons. The summed E-state index contributed by atoms with van der Waals surface area (Å²) in [6.07, 6.45) is 7.45. The normalized spacial score (nSPS) is 18.6. The molecule has 0 aromatic rings. The third-order valence-corrected chi connectivity index (χ3v) is 7.74. The molecular weight excluding hydrogens is 372 g/mol. The highest BCUT2D eigenvalue weighted by molar-refractivity contribution is 8.20. The summed E-state index contributed by atoms with van der Waals surface area (Å²) in [6.45, 7) is 1.95. The predicted molar refractivity (Wildman–Crippen MR) is 110 cm³/mol. The highest BCUT2D eigenvalue weighted by atomic mass is 32.2. The number of esters is 1. The van der Waals surface area contributed by atoms with Crippen LogP contribution in [0.25, 0.3) is 0 Å². The minimum Gasteiger partial charge on any atom is -0.463 e. The number of thioether (sulfide) groups is 2. The molecule has 5 nitrogen and oxygen atoms in total. The Hall–Kier alpha value is 0.0500. The van der Waals surface area contributed by atoms with Crippen LogP contribution >= 0.6 is 23.5 Å². The number of hydrogen-bond acceptors (Lipinski definition) is 7. The molecular formula is C19H36O5S2. The molecule has 7 heteroatoms. The summed E-state index contributed by atoms with van der Waals surface area (Å²) in [5.41, 5.74) is 0. The molecule has 1 aliphatic rings. The fourth-order valence-corrected chi connectivity index (χ4v) is 5.80. The van der Waals surface area contributed by atoms with Crippen molar-refractivity contribution in [1.29, 1.82) is 0 Å². The van der Waals surface area contributed by atoms with E-state index in [1.807, 2.05) is 0 Å². The summed E-state index contributed by atoms with van der Waals surface area (Å²) >= 11 is 3.15. The quantitative estimate of drug-likeness (QED) is 0.283. The molecule has 0 spiro atoms. The molecule has 0 aromatic carbocycles. The second-order valence-corrected chi connectivity index (χ2v) is 9.72. The van der Waals surface area contributed by atoms with E-state index in [1.165, 1.54) is 38.5 Å². The van der Waals surface area contributed by atoms with Crippen LogP contribution in [0, 0.1) is 0 Å². The lowest BCUT2D eigenvalue weighted by Crippen LogP contribution is -2.44. The van der Waals surface area contributed by atoms with Crippen LogP contribution in [-0.4, -0.2) is 62.3 Å². The third-order valence-electron chi connectivity index (χ3n) is 4.57. The van der Waals surface area contributed by atoms with Crippen molar-refractivity contribution in [3.8, 4) is 0 Å². The average molecular weight is 409 g/mol. The Labute approximate surface area is 166 Å². The molecule has 26 heavy (non-hydrogen) atoms. The third kappa shape index (κ3) is 10.4. The fourth-order valence-electron chi connectivity index (χ4n) is 2.89. The van der Waals surface area contributed by atoms with Gasteiger partial charge in [0.1, 0.15) is 24.9 Å². The number of carbonyl (C=O) groups excluding carboxylic acids is 1. The van der Waals surface area contributed by atoms with Crippen molar-refractivity contribution in [2.45, 2.75) is 94.0 Å². The zero-order valence-electron chi connectivity index (χ0n) is 16.0. The zero-order chi connectivity index (χ0) is 19.2. The van der Waals surface area contributed by atoms with E-state index in [2.05, 4.69) is 6.92 Å². The molecule has 1 heterocycles. The number of rotatable bonds is 15. The molecule has 1 fully saturated rings. The molecule has 3 atom stereocenters. The molecule has 0 unspecified atom stereocenters. The predicted octanol–water partition coefficient (Wildman–Crippen LogP) is 3.34. The Morgan fingerprint density at radius 2 is 1.50 bits per heavy atom. The van der Waals surface area contributed by atoms with E-state index in [9.17, 15) is 20.1 Å². The number of unbranched alkanes of at least 4 members (excludes halogenated alkanes) is 8. The minimum absolute atomic E-state index is 0.127. The Morgan fingerprint density at radius 1 is 0.962 bits per heavy atom. The van der Waals surface area contributed by atoms with Gasteiger partial charge < -0.3 is 20.1 Å². The molecule has 0 radical (unpaired) electrons. The Balaban J connectivity index is 2.01. The van der Waals surface area contributed by atoms with Crippen LogP contribution in [0.3, 0.4) is 0 Å². The Kier molecular flexibility index (Phi) is 13.9. The van der Waals surface area contributed by atoms with Gasteiger partial charge in [-0.1, -0.05) is 58.3 Å². The van der Waals surface area contributed by atoms with E-state index >= 15 is 0 Å². The van der Waals surface area contributed by atoms with Gasteiger partial charge in [0.25, 0.3) is 0 Å². The van der Waals surface area contributed by atoms with Crippen molar-refractivity contribution in [3.63, 3.8) is 0 Å². The van der Waals surface area contributed by atoms with Gasteiger partial charge in [-0.2, -0.15) is 0 Å². The summed E-state index contributed by atoms with van der Waals surface area (Å²) in [6, 6.07) is 0. The van der Waals surface area contributed by atoms with E-state index < -0.39 is 18.3 Å². The van der Waals surface area contributed by atoms with Crippen molar-refractivity contribution in [1.82, 2.24) is 0 Å². The lowest BCUT2D eigenvalue weighted by atomic mass is 10.1. The standard InChI is InChI=1S/C19H36O5S2/c1-2-3-4-5-6-7-8-9-10-11-16(21)24-14-15(20)17(22)18(23)19-25-12-13-26-19/h15,17-20,22-23H,2-14H2,1H3/t15-,17-,18+/m1/s1. The first-order chi connectivity index (χ1) is 12.6. The van der Waals surface area contributed by atoms with Crippen molar-refractivity contribution in [3.05, 3.63) is 0 Å². The summed E-state index contributed by atoms with van der Waals surface area (Å²) in [5, 5.41) is 30.0. The van der Waals surface area contributed by atoms with E-state index in [1.54, 1.807) is 23.5 Å². The van der Waals surface area contributed by atoms with Gasteiger partial charge in [-0.05, 0) is 6.42 Å². The maximum atomic E-state index is 11.7. The minimum atomic E-state index is -1.29. The van der Waals surface area contributed by atoms with Crippen LogP contribution in [-0.2, 0) is 9.53 Å². The van der Waals surface area contributed by atoms with Gasteiger partial charge >= 0.3 is 5.97 Å². The second-order valence-electron chi connectivity index (χ2n) is 6.92. The number of aliphatic hydroxyl groups is 3. The SMILES string of the molecule is CCCCCCCCCCCC(=O)OC[C@@H](O)[C@@H](O)[C@H](O)C1SCCS1. The van der Waals surface area contributed by atoms with Crippen LogP contribution in [0.4, 0.5) is 0 Å². The van der Waals surface area contributed by atoms with Gasteiger partial charge in [-0.3, -0.25) is 4.79 Å². The first kappa shape index (κ1) is 24.1. The summed E-state index contributed by atoms with van der Waals surface area (Å²) in [5.74, 6) is 1.52. The summed E-state index contributed by atoms with van der Waals surface area (Å²) in [4.78, 5) is 11.7. The highest BCUT2D eigenvalue weighted by Gasteiger charge is 2.34. The van der Waals surface area contributed by atoms with Crippen molar-refractivity contribution in [2.75, 3.05) is 18.1 Å². The maximum absolute atomic E-state index is 11.7. The monoisotopic (exact) mass is 408 g/mol. The molecule has 1 saturated heterocycles. The van der Waals surface area contributed by atoms with Crippen molar-refractivity contribution >= 4 is 29.5 Å². The maximum Gasteiger partial charge on any atom is 0.305 e. The highest BCUT2D eigenvalue weighted by Crippen LogP contribution is 2.35. The van der Waals surface area contributed by atoms with Crippen LogP contribution in [0.2, 0.25) is 0 Å². The second kappa shape index (κ2) is 15.0.